The highest BCUT2D eigenvalue weighted by Crippen LogP contribution is 2.24. The highest BCUT2D eigenvalue weighted by Gasteiger charge is 2.23. The van der Waals surface area contributed by atoms with Crippen LogP contribution in [-0.2, 0) is 14.4 Å². The zero-order chi connectivity index (χ0) is 22.3. The molecular weight excluding hydrogens is 406 g/mol. The molecule has 32 heavy (non-hydrogen) atoms. The van der Waals surface area contributed by atoms with Crippen LogP contribution in [0.5, 0.6) is 0 Å². The minimum Gasteiger partial charge on any atom is -0.370 e. The van der Waals surface area contributed by atoms with Crippen molar-refractivity contribution in [3.05, 3.63) is 48.8 Å². The van der Waals surface area contributed by atoms with E-state index in [0.29, 0.717) is 31.1 Å². The van der Waals surface area contributed by atoms with E-state index in [4.69, 9.17) is 0 Å². The molecule has 8 nitrogen and oxygen atoms in total. The molecule has 2 N–H and O–H groups in total. The number of benzene rings is 1. The van der Waals surface area contributed by atoms with E-state index in [-0.39, 0.29) is 5.91 Å². The first-order valence-corrected chi connectivity index (χ1v) is 11.2. The van der Waals surface area contributed by atoms with Gasteiger partial charge in [-0.15, -0.1) is 0 Å². The summed E-state index contributed by atoms with van der Waals surface area (Å²) in [6, 6.07) is 11.1. The number of hydrogen-bond donors (Lipinski definition) is 2. The van der Waals surface area contributed by atoms with Crippen molar-refractivity contribution in [3.63, 3.8) is 0 Å². The number of aromatic nitrogens is 1. The molecule has 0 saturated carbocycles. The molecule has 0 aliphatic carbocycles. The van der Waals surface area contributed by atoms with E-state index in [1.807, 2.05) is 18.3 Å². The molecular formula is C24H29N5O3. The first-order chi connectivity index (χ1) is 15.6. The first kappa shape index (κ1) is 21.8. The SMILES string of the molecule is O=C(NCC1CCN(c2cccnc2)CC1)C(=O)Nc1cccc(N2CCCCC2=O)c1. The van der Waals surface area contributed by atoms with E-state index in [1.165, 1.54) is 0 Å². The molecule has 3 amide bonds. The second kappa shape index (κ2) is 10.3. The van der Waals surface area contributed by atoms with Gasteiger partial charge >= 0.3 is 11.8 Å². The minimum absolute atomic E-state index is 0.0899. The van der Waals surface area contributed by atoms with Gasteiger partial charge in [0.1, 0.15) is 0 Å². The molecule has 0 atom stereocenters. The van der Waals surface area contributed by atoms with Gasteiger partial charge in [-0.25, -0.2) is 0 Å². The fourth-order valence-corrected chi connectivity index (χ4v) is 4.27. The van der Waals surface area contributed by atoms with Crippen molar-refractivity contribution >= 4 is 34.8 Å². The third kappa shape index (κ3) is 5.43. The lowest BCUT2D eigenvalue weighted by Crippen LogP contribution is -2.41. The van der Waals surface area contributed by atoms with E-state index in [0.717, 1.165) is 50.1 Å². The molecule has 0 unspecified atom stereocenters. The lowest BCUT2D eigenvalue weighted by Gasteiger charge is -2.33. The minimum atomic E-state index is -0.695. The number of rotatable bonds is 5. The maximum absolute atomic E-state index is 12.4. The maximum Gasteiger partial charge on any atom is 0.313 e. The third-order valence-electron chi connectivity index (χ3n) is 6.12. The third-order valence-corrected chi connectivity index (χ3v) is 6.12. The molecule has 2 aliphatic rings. The van der Waals surface area contributed by atoms with Gasteiger partial charge in [-0.05, 0) is 61.9 Å². The van der Waals surface area contributed by atoms with Crippen molar-refractivity contribution in [1.29, 1.82) is 0 Å². The van der Waals surface area contributed by atoms with E-state index in [1.54, 1.807) is 29.3 Å². The van der Waals surface area contributed by atoms with Gasteiger partial charge in [0.2, 0.25) is 5.91 Å². The predicted molar refractivity (Wildman–Crippen MR) is 123 cm³/mol. The summed E-state index contributed by atoms with van der Waals surface area (Å²) in [4.78, 5) is 45.0. The number of nitrogens with one attached hydrogen (secondary N) is 2. The Kier molecular flexibility index (Phi) is 6.99. The Morgan fingerprint density at radius 2 is 1.81 bits per heavy atom. The van der Waals surface area contributed by atoms with Crippen LogP contribution in [0.4, 0.5) is 17.1 Å². The maximum atomic E-state index is 12.4. The fraction of sp³-hybridized carbons (Fsp3) is 0.417. The first-order valence-electron chi connectivity index (χ1n) is 11.2. The number of pyridine rings is 1. The average molecular weight is 436 g/mol. The van der Waals surface area contributed by atoms with Gasteiger partial charge in [0.15, 0.2) is 0 Å². The van der Waals surface area contributed by atoms with E-state index in [2.05, 4.69) is 26.6 Å². The topological polar surface area (TPSA) is 94.6 Å². The molecule has 1 aromatic heterocycles. The molecule has 0 spiro atoms. The van der Waals surface area contributed by atoms with Gasteiger partial charge in [-0.2, -0.15) is 0 Å². The van der Waals surface area contributed by atoms with Crippen LogP contribution in [0.1, 0.15) is 32.1 Å². The van der Waals surface area contributed by atoms with Gasteiger partial charge in [-0.3, -0.25) is 19.4 Å². The van der Waals surface area contributed by atoms with Gasteiger partial charge < -0.3 is 20.4 Å². The van der Waals surface area contributed by atoms with Crippen molar-refractivity contribution in [2.45, 2.75) is 32.1 Å². The van der Waals surface area contributed by atoms with Crippen LogP contribution >= 0.6 is 0 Å². The summed E-state index contributed by atoms with van der Waals surface area (Å²) in [7, 11) is 0. The van der Waals surface area contributed by atoms with Gasteiger partial charge in [-0.1, -0.05) is 6.07 Å². The van der Waals surface area contributed by atoms with Crippen molar-refractivity contribution in [2.24, 2.45) is 5.92 Å². The van der Waals surface area contributed by atoms with E-state index < -0.39 is 11.8 Å². The highest BCUT2D eigenvalue weighted by molar-refractivity contribution is 6.39. The molecule has 0 bridgehead atoms. The molecule has 2 fully saturated rings. The Bertz CT molecular complexity index is 957. The number of nitrogens with zero attached hydrogens (tertiary/aromatic N) is 3. The Hall–Kier alpha value is -3.42. The smallest absolute Gasteiger partial charge is 0.313 e. The number of piperidine rings is 2. The van der Waals surface area contributed by atoms with Crippen molar-refractivity contribution in [2.75, 3.05) is 41.3 Å². The zero-order valence-electron chi connectivity index (χ0n) is 18.1. The largest absolute Gasteiger partial charge is 0.370 e. The van der Waals surface area contributed by atoms with Gasteiger partial charge in [0.25, 0.3) is 0 Å². The van der Waals surface area contributed by atoms with Crippen molar-refractivity contribution < 1.29 is 14.4 Å². The second-order valence-electron chi connectivity index (χ2n) is 8.36. The molecule has 2 saturated heterocycles. The lowest BCUT2D eigenvalue weighted by atomic mass is 9.96. The number of carbonyl (C=O) groups excluding carboxylic acids is 3. The number of hydrogen-bond acceptors (Lipinski definition) is 5. The quantitative estimate of drug-likeness (QED) is 0.704. The monoisotopic (exact) mass is 435 g/mol. The fourth-order valence-electron chi connectivity index (χ4n) is 4.27. The Morgan fingerprint density at radius 3 is 2.56 bits per heavy atom. The number of anilines is 3. The van der Waals surface area contributed by atoms with Crippen LogP contribution in [0.25, 0.3) is 0 Å². The average Bonchev–Trinajstić information content (AvgIpc) is 2.84. The number of amides is 3. The van der Waals surface area contributed by atoms with E-state index in [9.17, 15) is 14.4 Å². The van der Waals surface area contributed by atoms with Crippen molar-refractivity contribution in [3.8, 4) is 0 Å². The van der Waals surface area contributed by atoms with Gasteiger partial charge in [0, 0.05) is 50.2 Å². The summed E-state index contributed by atoms with van der Waals surface area (Å²) >= 11 is 0. The van der Waals surface area contributed by atoms with Crippen LogP contribution in [0.15, 0.2) is 48.8 Å². The predicted octanol–water partition coefficient (Wildman–Crippen LogP) is 2.57. The molecule has 3 heterocycles. The van der Waals surface area contributed by atoms with Gasteiger partial charge in [0.05, 0.1) is 11.9 Å². The molecule has 4 rings (SSSR count). The summed E-state index contributed by atoms with van der Waals surface area (Å²) < 4.78 is 0. The van der Waals surface area contributed by atoms with E-state index >= 15 is 0 Å². The standard InChI is InChI=1S/C24H29N5O3/c30-22-8-1-2-12-29(22)20-6-3-5-19(15-20)27-24(32)23(31)26-16-18-9-13-28(14-10-18)21-7-4-11-25-17-21/h3-7,11,15,17-18H,1-2,8-10,12-14,16H2,(H,26,31)(H,27,32). The van der Waals surface area contributed by atoms with Crippen LogP contribution in [-0.4, -0.2) is 48.9 Å². The Labute approximate surface area is 188 Å². The summed E-state index contributed by atoms with van der Waals surface area (Å²) in [5, 5.41) is 5.41. The Morgan fingerprint density at radius 1 is 1.00 bits per heavy atom. The molecule has 168 valence electrons. The molecule has 2 aromatic rings. The second-order valence-corrected chi connectivity index (χ2v) is 8.36. The summed E-state index contributed by atoms with van der Waals surface area (Å²) in [6.45, 7) is 2.96. The Balaban J connectivity index is 1.24. The highest BCUT2D eigenvalue weighted by atomic mass is 16.2. The lowest BCUT2D eigenvalue weighted by molar-refractivity contribution is -0.136. The molecule has 8 heteroatoms. The zero-order valence-corrected chi connectivity index (χ0v) is 18.1. The number of carbonyl (C=O) groups is 3. The van der Waals surface area contributed by atoms with Crippen LogP contribution in [0.2, 0.25) is 0 Å². The van der Waals surface area contributed by atoms with Crippen LogP contribution in [0, 0.1) is 5.92 Å². The molecule has 0 radical (unpaired) electrons. The van der Waals surface area contributed by atoms with Crippen LogP contribution in [0.3, 0.4) is 0 Å². The normalized spacial score (nSPS) is 17.2. The van der Waals surface area contributed by atoms with Crippen LogP contribution < -0.4 is 20.4 Å². The summed E-state index contributed by atoms with van der Waals surface area (Å²) in [6.07, 6.45) is 7.94. The van der Waals surface area contributed by atoms with Crippen molar-refractivity contribution in [1.82, 2.24) is 10.3 Å². The summed E-state index contributed by atoms with van der Waals surface area (Å²) in [5.74, 6) is -0.904. The summed E-state index contributed by atoms with van der Waals surface area (Å²) in [5.41, 5.74) is 2.36. The molecule has 2 aliphatic heterocycles. The molecule has 1 aromatic carbocycles.